The second-order valence-electron chi connectivity index (χ2n) is 1.69. The van der Waals surface area contributed by atoms with E-state index in [-0.39, 0.29) is 12.3 Å². The van der Waals surface area contributed by atoms with Crippen LogP contribution in [0.3, 0.4) is 0 Å². The van der Waals surface area contributed by atoms with E-state index in [1.165, 1.54) is 17.2 Å². The van der Waals surface area contributed by atoms with Crippen LogP contribution in [0, 0.1) is 0 Å². The molecule has 0 N–H and O–H groups in total. The van der Waals surface area contributed by atoms with Gasteiger partial charge in [-0.15, -0.1) is 0 Å². The minimum atomic E-state index is -0.392. The molecule has 0 radical (unpaired) electrons. The lowest BCUT2D eigenvalue weighted by atomic mass is 10.4. The maximum atomic E-state index is 10.4. The van der Waals surface area contributed by atoms with Gasteiger partial charge in [-0.25, -0.2) is 0 Å². The zero-order valence-corrected chi connectivity index (χ0v) is 5.47. The fraction of sp³-hybridized carbons (Fsp3) is 0.200. The van der Waals surface area contributed by atoms with Crippen molar-refractivity contribution >= 4 is 23.7 Å². The number of amides is 1. The minimum absolute atomic E-state index is 0.0580. The van der Waals surface area contributed by atoms with Crippen LogP contribution in [-0.2, 0) is 4.79 Å². The molecule has 1 heterocycles. The third kappa shape index (κ3) is 1.32. The van der Waals surface area contributed by atoms with Crippen LogP contribution in [0.5, 0.6) is 0 Å². The number of nitrogens with zero attached hydrogens (tertiary/aromatic N) is 1. The van der Waals surface area contributed by atoms with E-state index in [1.807, 2.05) is 0 Å². The number of hydrogen-bond acceptors (Lipinski definition) is 2. The number of ketones is 1. The van der Waals surface area contributed by atoms with Crippen molar-refractivity contribution in [3.8, 4) is 0 Å². The van der Waals surface area contributed by atoms with Crippen molar-refractivity contribution < 1.29 is 9.59 Å². The predicted octanol–water partition coefficient (Wildman–Crippen LogP) is 0.435. The summed E-state index contributed by atoms with van der Waals surface area (Å²) in [5.41, 5.74) is 0. The summed E-state index contributed by atoms with van der Waals surface area (Å²) in [6, 6.07) is 0. The molecule has 3 nitrogen and oxygen atoms in total. The summed E-state index contributed by atoms with van der Waals surface area (Å²) in [7, 11) is 0. The van der Waals surface area contributed by atoms with E-state index >= 15 is 0 Å². The maximum Gasteiger partial charge on any atom is 0.282 e. The lowest BCUT2D eigenvalue weighted by molar-refractivity contribution is -0.113. The largest absolute Gasteiger partial charge is 0.302 e. The van der Waals surface area contributed by atoms with Crippen molar-refractivity contribution in [1.82, 2.24) is 4.90 Å². The van der Waals surface area contributed by atoms with Gasteiger partial charge >= 0.3 is 0 Å². The van der Waals surface area contributed by atoms with Crippen molar-refractivity contribution in [3.05, 3.63) is 12.3 Å². The summed E-state index contributed by atoms with van der Waals surface area (Å²) in [6.45, 7) is 0.141. The van der Waals surface area contributed by atoms with E-state index < -0.39 is 5.24 Å². The standard InChI is InChI=1S/C5H5NO2S/c7-4-1-2-6(3-4)5(8)9/h1-2H,3H2,(H,8,9). The summed E-state index contributed by atoms with van der Waals surface area (Å²) in [4.78, 5) is 22.1. The third-order valence-corrected chi connectivity index (χ3v) is 1.27. The normalized spacial score (nSPS) is 17.0. The van der Waals surface area contributed by atoms with Crippen LogP contribution >= 0.6 is 12.6 Å². The Morgan fingerprint density at radius 3 is 2.67 bits per heavy atom. The van der Waals surface area contributed by atoms with Gasteiger partial charge in [-0.1, -0.05) is 12.6 Å². The second-order valence-corrected chi connectivity index (χ2v) is 2.08. The molecule has 0 aliphatic carbocycles. The Bertz CT molecular complexity index is 187. The van der Waals surface area contributed by atoms with Gasteiger partial charge in [-0.3, -0.25) is 9.59 Å². The number of thiol groups is 1. The van der Waals surface area contributed by atoms with Crippen LogP contribution in [0.1, 0.15) is 0 Å². The van der Waals surface area contributed by atoms with Crippen molar-refractivity contribution in [3.63, 3.8) is 0 Å². The van der Waals surface area contributed by atoms with E-state index in [0.29, 0.717) is 0 Å². The van der Waals surface area contributed by atoms with Crippen molar-refractivity contribution in [2.75, 3.05) is 6.54 Å². The molecular weight excluding hydrogens is 138 g/mol. The number of carbonyl (C=O) groups is 2. The summed E-state index contributed by atoms with van der Waals surface area (Å²) in [5, 5.41) is -0.392. The van der Waals surface area contributed by atoms with Gasteiger partial charge < -0.3 is 4.90 Å². The Morgan fingerprint density at radius 1 is 1.78 bits per heavy atom. The van der Waals surface area contributed by atoms with E-state index in [0.717, 1.165) is 0 Å². The molecule has 0 saturated heterocycles. The van der Waals surface area contributed by atoms with E-state index in [2.05, 4.69) is 12.6 Å². The maximum absolute atomic E-state index is 10.4. The first kappa shape index (κ1) is 6.35. The van der Waals surface area contributed by atoms with E-state index in [4.69, 9.17) is 0 Å². The zero-order chi connectivity index (χ0) is 6.85. The van der Waals surface area contributed by atoms with Gasteiger partial charge in [-0.05, 0) is 6.08 Å². The van der Waals surface area contributed by atoms with Crippen LogP contribution in [0.25, 0.3) is 0 Å². The number of rotatable bonds is 0. The molecule has 0 atom stereocenters. The molecule has 1 rings (SSSR count). The number of carbonyl (C=O) groups excluding carboxylic acids is 2. The minimum Gasteiger partial charge on any atom is -0.302 e. The van der Waals surface area contributed by atoms with E-state index in [1.54, 1.807) is 0 Å². The highest BCUT2D eigenvalue weighted by Crippen LogP contribution is 2.03. The van der Waals surface area contributed by atoms with Crippen LogP contribution in [0.2, 0.25) is 0 Å². The monoisotopic (exact) mass is 143 g/mol. The van der Waals surface area contributed by atoms with Gasteiger partial charge in [0.2, 0.25) is 0 Å². The van der Waals surface area contributed by atoms with Gasteiger partial charge in [0, 0.05) is 6.20 Å². The molecule has 48 valence electrons. The molecule has 1 aliphatic heterocycles. The highest BCUT2D eigenvalue weighted by Gasteiger charge is 2.14. The molecule has 1 amide bonds. The highest BCUT2D eigenvalue weighted by atomic mass is 32.1. The fourth-order valence-corrected chi connectivity index (χ4v) is 0.715. The first-order valence-electron chi connectivity index (χ1n) is 2.41. The molecule has 4 heteroatoms. The van der Waals surface area contributed by atoms with Crippen LogP contribution in [0.15, 0.2) is 12.3 Å². The van der Waals surface area contributed by atoms with Crippen molar-refractivity contribution in [1.29, 1.82) is 0 Å². The topological polar surface area (TPSA) is 37.4 Å². The lowest BCUT2D eigenvalue weighted by Crippen LogP contribution is -2.20. The predicted molar refractivity (Wildman–Crippen MR) is 35.2 cm³/mol. The van der Waals surface area contributed by atoms with Crippen LogP contribution in [0.4, 0.5) is 4.79 Å². The van der Waals surface area contributed by atoms with Crippen LogP contribution in [-0.4, -0.2) is 22.5 Å². The molecule has 0 bridgehead atoms. The molecule has 0 unspecified atom stereocenters. The molecule has 0 spiro atoms. The molecule has 0 saturated carbocycles. The molecule has 9 heavy (non-hydrogen) atoms. The Kier molecular flexibility index (Phi) is 1.57. The summed E-state index contributed by atoms with van der Waals surface area (Å²) >= 11 is 3.52. The lowest BCUT2D eigenvalue weighted by Gasteiger charge is -2.05. The Morgan fingerprint density at radius 2 is 2.44 bits per heavy atom. The van der Waals surface area contributed by atoms with Gasteiger partial charge in [0.05, 0.1) is 6.54 Å². The van der Waals surface area contributed by atoms with Crippen LogP contribution < -0.4 is 0 Å². The van der Waals surface area contributed by atoms with Gasteiger partial charge in [0.25, 0.3) is 5.24 Å². The van der Waals surface area contributed by atoms with Crippen molar-refractivity contribution in [2.24, 2.45) is 0 Å². The van der Waals surface area contributed by atoms with E-state index in [9.17, 15) is 9.59 Å². The molecule has 0 aromatic rings. The average molecular weight is 143 g/mol. The Hall–Kier alpha value is -0.770. The summed E-state index contributed by atoms with van der Waals surface area (Å²) in [6.07, 6.45) is 2.78. The average Bonchev–Trinajstić information content (AvgIpc) is 2.14. The fourth-order valence-electron chi connectivity index (χ4n) is 0.578. The highest BCUT2D eigenvalue weighted by molar-refractivity contribution is 7.96. The number of hydrogen-bond donors (Lipinski definition) is 1. The quantitative estimate of drug-likeness (QED) is 0.499. The third-order valence-electron chi connectivity index (χ3n) is 1.01. The summed E-state index contributed by atoms with van der Waals surface area (Å²) < 4.78 is 0. The Balaban J connectivity index is 2.60. The van der Waals surface area contributed by atoms with Gasteiger partial charge in [0.15, 0.2) is 5.78 Å². The smallest absolute Gasteiger partial charge is 0.282 e. The first-order chi connectivity index (χ1) is 4.20. The second kappa shape index (κ2) is 2.23. The molecule has 0 aromatic carbocycles. The molecule has 0 fully saturated rings. The Labute approximate surface area is 57.7 Å². The summed E-state index contributed by atoms with van der Waals surface area (Å²) in [5.74, 6) is -0.0580. The molecular formula is C5H5NO2S. The van der Waals surface area contributed by atoms with Gasteiger partial charge in [0.1, 0.15) is 0 Å². The molecule has 1 aliphatic rings. The van der Waals surface area contributed by atoms with Gasteiger partial charge in [-0.2, -0.15) is 0 Å². The zero-order valence-electron chi connectivity index (χ0n) is 4.57. The SMILES string of the molecule is O=C1C=CN(C(=O)S)C1. The first-order valence-corrected chi connectivity index (χ1v) is 2.85. The molecule has 0 aromatic heterocycles. The van der Waals surface area contributed by atoms with Crippen molar-refractivity contribution in [2.45, 2.75) is 0 Å².